The van der Waals surface area contributed by atoms with E-state index >= 15 is 0 Å². The van der Waals surface area contributed by atoms with Crippen LogP contribution < -0.4 is 10.5 Å². The summed E-state index contributed by atoms with van der Waals surface area (Å²) in [4.78, 5) is 14.5. The van der Waals surface area contributed by atoms with Gasteiger partial charge in [0, 0.05) is 6.04 Å². The molecule has 2 amide bonds. The van der Waals surface area contributed by atoms with E-state index in [2.05, 4.69) is 17.5 Å². The van der Waals surface area contributed by atoms with E-state index in [9.17, 15) is 13.2 Å². The highest BCUT2D eigenvalue weighted by molar-refractivity contribution is 7.89. The normalized spacial score (nSPS) is 24.5. The second-order valence-electron chi connectivity index (χ2n) is 6.15. The van der Waals surface area contributed by atoms with Crippen molar-refractivity contribution in [3.05, 3.63) is 42.0 Å². The topological polar surface area (TPSA) is 92.5 Å². The summed E-state index contributed by atoms with van der Waals surface area (Å²) in [6.07, 6.45) is 7.24. The Morgan fingerprint density at radius 2 is 2.00 bits per heavy atom. The van der Waals surface area contributed by atoms with Gasteiger partial charge in [0.25, 0.3) is 0 Å². The molecule has 3 N–H and O–H groups in total. The number of carbonyl (C=O) groups excluding carboxylic acids is 1. The van der Waals surface area contributed by atoms with Crippen molar-refractivity contribution in [2.75, 3.05) is 0 Å². The molecule has 2 unspecified atom stereocenters. The summed E-state index contributed by atoms with van der Waals surface area (Å²) < 4.78 is 22.5. The van der Waals surface area contributed by atoms with Gasteiger partial charge in [-0.3, -0.25) is 0 Å². The molecule has 0 aliphatic carbocycles. The fourth-order valence-electron chi connectivity index (χ4n) is 3.33. The number of nitrogens with two attached hydrogens (primary N) is 1. The maximum absolute atomic E-state index is 12.5. The monoisotopic (exact) mass is 335 g/mol. The van der Waals surface area contributed by atoms with Crippen molar-refractivity contribution in [1.29, 1.82) is 0 Å². The quantitative estimate of drug-likeness (QED) is 0.826. The van der Waals surface area contributed by atoms with Gasteiger partial charge in [-0.15, -0.1) is 0 Å². The van der Waals surface area contributed by atoms with Gasteiger partial charge < -0.3 is 10.2 Å². The second kappa shape index (κ2) is 5.98. The molecule has 2 aliphatic rings. The van der Waals surface area contributed by atoms with Gasteiger partial charge in [0.2, 0.25) is 10.0 Å². The molecule has 2 bridgehead atoms. The Hall–Kier alpha value is -1.86. The number of urea groups is 1. The molecule has 6 nitrogen and oxygen atoms in total. The summed E-state index contributed by atoms with van der Waals surface area (Å²) in [5.41, 5.74) is 0.839. The molecule has 124 valence electrons. The molecule has 23 heavy (non-hydrogen) atoms. The van der Waals surface area contributed by atoms with Crippen LogP contribution in [0.4, 0.5) is 4.79 Å². The third-order valence-electron chi connectivity index (χ3n) is 4.60. The molecular weight excluding hydrogens is 314 g/mol. The largest absolute Gasteiger partial charge is 0.331 e. The third-order valence-corrected chi connectivity index (χ3v) is 5.53. The molecule has 1 fully saturated rings. The van der Waals surface area contributed by atoms with Crippen LogP contribution in [0.25, 0.3) is 0 Å². The minimum atomic E-state index is -3.69. The first kappa shape index (κ1) is 16.0. The number of sulfonamides is 1. The predicted molar refractivity (Wildman–Crippen MR) is 87.2 cm³/mol. The highest BCUT2D eigenvalue weighted by Gasteiger charge is 2.37. The fourth-order valence-corrected chi connectivity index (χ4v) is 3.85. The molecule has 0 saturated carbocycles. The Morgan fingerprint density at radius 3 is 2.61 bits per heavy atom. The molecule has 1 saturated heterocycles. The number of hydrogen-bond acceptors (Lipinski definition) is 3. The molecule has 2 aliphatic heterocycles. The fraction of sp³-hybridized carbons (Fsp3) is 0.438. The summed E-state index contributed by atoms with van der Waals surface area (Å²) in [6.45, 7) is 1.88. The zero-order chi connectivity index (χ0) is 16.6. The number of carbonyl (C=O) groups is 1. The zero-order valence-electron chi connectivity index (χ0n) is 13.0. The number of nitrogens with zero attached hydrogens (tertiary/aromatic N) is 1. The van der Waals surface area contributed by atoms with Crippen LogP contribution in [-0.4, -0.2) is 31.4 Å². The molecule has 0 aromatic heterocycles. The van der Waals surface area contributed by atoms with Crippen LogP contribution in [0.5, 0.6) is 0 Å². The molecular formula is C16H21N3O3S. The van der Waals surface area contributed by atoms with E-state index in [0.717, 1.165) is 24.8 Å². The van der Waals surface area contributed by atoms with E-state index in [0.29, 0.717) is 6.04 Å². The van der Waals surface area contributed by atoms with Gasteiger partial charge in [-0.25, -0.2) is 18.4 Å². The molecule has 0 spiro atoms. The molecule has 3 rings (SSSR count). The molecule has 3 atom stereocenters. The summed E-state index contributed by atoms with van der Waals surface area (Å²) in [7, 11) is -3.69. The van der Waals surface area contributed by atoms with Crippen LogP contribution in [0.3, 0.4) is 0 Å². The van der Waals surface area contributed by atoms with Gasteiger partial charge in [-0.05, 0) is 43.9 Å². The van der Waals surface area contributed by atoms with Crippen molar-refractivity contribution in [3.63, 3.8) is 0 Å². The van der Waals surface area contributed by atoms with Crippen molar-refractivity contribution in [2.45, 2.75) is 49.2 Å². The Bertz CT molecular complexity index is 727. The number of fused-ring (bicyclic) bond motifs is 2. The number of benzene rings is 1. The molecule has 1 aromatic carbocycles. The van der Waals surface area contributed by atoms with Crippen LogP contribution in [0.2, 0.25) is 0 Å². The van der Waals surface area contributed by atoms with Crippen LogP contribution in [-0.2, 0) is 10.0 Å². The lowest BCUT2D eigenvalue weighted by molar-refractivity contribution is 0.175. The van der Waals surface area contributed by atoms with Gasteiger partial charge in [0.15, 0.2) is 0 Å². The number of amides is 2. The van der Waals surface area contributed by atoms with Gasteiger partial charge in [-0.1, -0.05) is 24.3 Å². The minimum absolute atomic E-state index is 0.0649. The second-order valence-corrected chi connectivity index (χ2v) is 7.72. The Labute approximate surface area is 136 Å². The van der Waals surface area contributed by atoms with Crippen LogP contribution >= 0.6 is 0 Å². The van der Waals surface area contributed by atoms with E-state index in [1.165, 1.54) is 12.1 Å². The van der Waals surface area contributed by atoms with E-state index in [1.807, 2.05) is 11.8 Å². The van der Waals surface area contributed by atoms with Crippen molar-refractivity contribution < 1.29 is 13.2 Å². The standard InChI is InChI=1S/C16H21N3O3S/c1-11(12-5-9-15(10-6-12)23(17,21)22)18-16(20)19-13-3-2-4-14(19)8-7-13/h2-3,5-6,9-11,13-14H,4,7-8H2,1H3,(H,18,20)(H2,17,21,22)/t11-,13?,14?/m0/s1. The lowest BCUT2D eigenvalue weighted by Crippen LogP contribution is -2.48. The Balaban J connectivity index is 1.68. The smallest absolute Gasteiger partial charge is 0.318 e. The van der Waals surface area contributed by atoms with Crippen LogP contribution in [0, 0.1) is 0 Å². The van der Waals surface area contributed by atoms with Crippen LogP contribution in [0.15, 0.2) is 41.3 Å². The third kappa shape index (κ3) is 3.25. The average molecular weight is 335 g/mol. The summed E-state index contributed by atoms with van der Waals surface area (Å²) in [5.74, 6) is 0. The molecule has 7 heteroatoms. The van der Waals surface area contributed by atoms with E-state index in [-0.39, 0.29) is 23.0 Å². The molecule has 0 radical (unpaired) electrons. The highest BCUT2D eigenvalue weighted by Crippen LogP contribution is 2.31. The number of nitrogens with one attached hydrogen (secondary N) is 1. The molecule has 1 aromatic rings. The minimum Gasteiger partial charge on any atom is -0.331 e. The number of primary sulfonamides is 1. The van der Waals surface area contributed by atoms with Gasteiger partial charge in [0.1, 0.15) is 0 Å². The van der Waals surface area contributed by atoms with E-state index < -0.39 is 10.0 Å². The highest BCUT2D eigenvalue weighted by atomic mass is 32.2. The zero-order valence-corrected chi connectivity index (χ0v) is 13.8. The Morgan fingerprint density at radius 1 is 1.30 bits per heavy atom. The SMILES string of the molecule is C[C@H](NC(=O)N1C2C=CCC1CC2)c1ccc(S(N)(=O)=O)cc1. The lowest BCUT2D eigenvalue weighted by atomic mass is 10.1. The number of rotatable bonds is 3. The van der Waals surface area contributed by atoms with Crippen LogP contribution in [0.1, 0.15) is 37.8 Å². The van der Waals surface area contributed by atoms with Gasteiger partial charge >= 0.3 is 6.03 Å². The number of hydrogen-bond donors (Lipinski definition) is 2. The lowest BCUT2D eigenvalue weighted by Gasteiger charge is -2.32. The van der Waals surface area contributed by atoms with Crippen molar-refractivity contribution in [1.82, 2.24) is 10.2 Å². The van der Waals surface area contributed by atoms with Crippen molar-refractivity contribution >= 4 is 16.1 Å². The average Bonchev–Trinajstić information content (AvgIpc) is 2.76. The van der Waals surface area contributed by atoms with E-state index in [4.69, 9.17) is 5.14 Å². The summed E-state index contributed by atoms with van der Waals surface area (Å²) in [5, 5.41) is 8.09. The van der Waals surface area contributed by atoms with Crippen molar-refractivity contribution in [2.24, 2.45) is 5.14 Å². The van der Waals surface area contributed by atoms with Crippen molar-refractivity contribution in [3.8, 4) is 0 Å². The maximum atomic E-state index is 12.5. The summed E-state index contributed by atoms with van der Waals surface area (Å²) >= 11 is 0. The van der Waals surface area contributed by atoms with Gasteiger partial charge in [-0.2, -0.15) is 0 Å². The first-order chi connectivity index (χ1) is 10.9. The first-order valence-corrected chi connectivity index (χ1v) is 9.29. The Kier molecular flexibility index (Phi) is 4.16. The molecule has 2 heterocycles. The predicted octanol–water partition coefficient (Wildman–Crippen LogP) is 1.90. The first-order valence-electron chi connectivity index (χ1n) is 7.74. The van der Waals surface area contributed by atoms with E-state index in [1.54, 1.807) is 12.1 Å². The maximum Gasteiger partial charge on any atom is 0.318 e. The summed E-state index contributed by atoms with van der Waals surface area (Å²) in [6, 6.07) is 6.49. The van der Waals surface area contributed by atoms with Gasteiger partial charge in [0.05, 0.1) is 17.0 Å².